The van der Waals surface area contributed by atoms with E-state index in [2.05, 4.69) is 11.1 Å². The number of benzene rings is 3. The SMILES string of the molecule is CC(C)(C)OC(=O)N1CCC(Oc2ccc(N(Cc3ccc4ccc(C#N)cc4c3)C(=O)c3ccncc3)cc2)CC1. The largest absolute Gasteiger partial charge is 0.490 e. The molecule has 0 N–H and O–H groups in total. The zero-order valence-electron chi connectivity index (χ0n) is 24.1. The van der Waals surface area contributed by atoms with Gasteiger partial charge in [0.1, 0.15) is 17.5 Å². The predicted octanol–water partition coefficient (Wildman–Crippen LogP) is 6.73. The highest BCUT2D eigenvalue weighted by Crippen LogP contribution is 2.27. The van der Waals surface area contributed by atoms with Crippen LogP contribution in [-0.4, -0.2) is 46.7 Å². The highest BCUT2D eigenvalue weighted by atomic mass is 16.6. The molecular formula is C34H34N4O4. The number of nitrogens with zero attached hydrogens (tertiary/aromatic N) is 4. The van der Waals surface area contributed by atoms with Crippen molar-refractivity contribution in [2.45, 2.75) is 51.9 Å². The van der Waals surface area contributed by atoms with Crippen LogP contribution in [0, 0.1) is 11.3 Å². The topological polar surface area (TPSA) is 95.8 Å². The Morgan fingerprint density at radius 1 is 0.952 bits per heavy atom. The van der Waals surface area contributed by atoms with Crippen LogP contribution in [0.1, 0.15) is 55.1 Å². The van der Waals surface area contributed by atoms with Gasteiger partial charge in [-0.25, -0.2) is 4.79 Å². The molecule has 1 fully saturated rings. The van der Waals surface area contributed by atoms with Crippen molar-refractivity contribution in [1.29, 1.82) is 5.26 Å². The number of aromatic nitrogens is 1. The van der Waals surface area contributed by atoms with E-state index in [1.54, 1.807) is 40.4 Å². The molecule has 2 heterocycles. The van der Waals surface area contributed by atoms with Crippen molar-refractivity contribution in [2.75, 3.05) is 18.0 Å². The number of piperidine rings is 1. The number of carbonyl (C=O) groups excluding carboxylic acids is 2. The minimum absolute atomic E-state index is 0.0139. The number of fused-ring (bicyclic) bond motifs is 1. The minimum Gasteiger partial charge on any atom is -0.490 e. The number of nitriles is 1. The summed E-state index contributed by atoms with van der Waals surface area (Å²) in [6.45, 7) is 7.09. The van der Waals surface area contributed by atoms with Crippen molar-refractivity contribution in [1.82, 2.24) is 9.88 Å². The molecule has 1 aliphatic heterocycles. The number of rotatable bonds is 6. The average molecular weight is 563 g/mol. The van der Waals surface area contributed by atoms with Crippen LogP contribution in [0.5, 0.6) is 5.75 Å². The summed E-state index contributed by atoms with van der Waals surface area (Å²) in [5.74, 6) is 0.562. The first-order chi connectivity index (χ1) is 20.2. The van der Waals surface area contributed by atoms with E-state index >= 15 is 0 Å². The van der Waals surface area contributed by atoms with Crippen LogP contribution in [0.4, 0.5) is 10.5 Å². The first kappa shape index (κ1) is 28.6. The van der Waals surface area contributed by atoms with Gasteiger partial charge in [-0.3, -0.25) is 9.78 Å². The number of carbonyl (C=O) groups is 2. The van der Waals surface area contributed by atoms with E-state index in [0.29, 0.717) is 49.4 Å². The molecule has 1 aromatic heterocycles. The quantitative estimate of drug-likeness (QED) is 0.259. The Morgan fingerprint density at radius 3 is 2.31 bits per heavy atom. The van der Waals surface area contributed by atoms with Gasteiger partial charge in [-0.05, 0) is 91.7 Å². The van der Waals surface area contributed by atoms with Crippen molar-refractivity contribution in [2.24, 2.45) is 0 Å². The van der Waals surface area contributed by atoms with Crippen LogP contribution in [0.15, 0.2) is 85.2 Å². The van der Waals surface area contributed by atoms with E-state index in [0.717, 1.165) is 22.0 Å². The molecule has 5 rings (SSSR count). The third kappa shape index (κ3) is 7.05. The van der Waals surface area contributed by atoms with E-state index in [4.69, 9.17) is 9.47 Å². The van der Waals surface area contributed by atoms with Gasteiger partial charge in [0.25, 0.3) is 5.91 Å². The Hall–Kier alpha value is -4.90. The summed E-state index contributed by atoms with van der Waals surface area (Å²) < 4.78 is 11.7. The lowest BCUT2D eigenvalue weighted by atomic mass is 10.0. The van der Waals surface area contributed by atoms with Gasteiger partial charge in [-0.2, -0.15) is 5.26 Å². The van der Waals surface area contributed by atoms with Crippen LogP contribution in [0.2, 0.25) is 0 Å². The molecule has 0 radical (unpaired) electrons. The van der Waals surface area contributed by atoms with Crippen molar-refractivity contribution >= 4 is 28.5 Å². The van der Waals surface area contributed by atoms with Crippen LogP contribution in [0.3, 0.4) is 0 Å². The number of amides is 2. The van der Waals surface area contributed by atoms with Gasteiger partial charge in [0, 0.05) is 49.6 Å². The van der Waals surface area contributed by atoms with Crippen molar-refractivity contribution in [3.8, 4) is 11.8 Å². The molecule has 0 spiro atoms. The molecule has 1 aliphatic rings. The third-order valence-electron chi connectivity index (χ3n) is 7.09. The second-order valence-electron chi connectivity index (χ2n) is 11.4. The molecule has 0 unspecified atom stereocenters. The smallest absolute Gasteiger partial charge is 0.410 e. The maximum Gasteiger partial charge on any atom is 0.410 e. The Bertz CT molecular complexity index is 1600. The molecule has 1 saturated heterocycles. The number of hydrogen-bond donors (Lipinski definition) is 0. The first-order valence-corrected chi connectivity index (χ1v) is 14.1. The van der Waals surface area contributed by atoms with E-state index in [9.17, 15) is 14.9 Å². The highest BCUT2D eigenvalue weighted by Gasteiger charge is 2.28. The molecular weight excluding hydrogens is 528 g/mol. The molecule has 0 aliphatic carbocycles. The lowest BCUT2D eigenvalue weighted by Crippen LogP contribution is -2.44. The minimum atomic E-state index is -0.520. The molecule has 3 aromatic carbocycles. The fourth-order valence-electron chi connectivity index (χ4n) is 4.96. The van der Waals surface area contributed by atoms with Crippen molar-refractivity contribution in [3.63, 3.8) is 0 Å². The zero-order valence-corrected chi connectivity index (χ0v) is 24.1. The van der Waals surface area contributed by atoms with Gasteiger partial charge < -0.3 is 19.3 Å². The van der Waals surface area contributed by atoms with Gasteiger partial charge in [0.05, 0.1) is 18.2 Å². The summed E-state index contributed by atoms with van der Waals surface area (Å²) in [6, 6.07) is 24.7. The molecule has 0 saturated carbocycles. The van der Waals surface area contributed by atoms with E-state index in [-0.39, 0.29) is 18.1 Å². The molecule has 8 nitrogen and oxygen atoms in total. The summed E-state index contributed by atoms with van der Waals surface area (Å²) in [6.07, 6.45) is 4.33. The van der Waals surface area contributed by atoms with Crippen molar-refractivity contribution < 1.29 is 19.1 Å². The fraction of sp³-hybridized carbons (Fsp3) is 0.294. The van der Waals surface area contributed by atoms with E-state index < -0.39 is 5.60 Å². The van der Waals surface area contributed by atoms with Crippen LogP contribution >= 0.6 is 0 Å². The summed E-state index contributed by atoms with van der Waals surface area (Å²) in [7, 11) is 0. The van der Waals surface area contributed by atoms with Crippen LogP contribution in [0.25, 0.3) is 10.8 Å². The number of pyridine rings is 1. The first-order valence-electron chi connectivity index (χ1n) is 14.1. The van der Waals surface area contributed by atoms with Gasteiger partial charge in [-0.15, -0.1) is 0 Å². The maximum atomic E-state index is 13.7. The lowest BCUT2D eigenvalue weighted by Gasteiger charge is -2.33. The molecule has 0 atom stereocenters. The molecule has 2 amide bonds. The molecule has 4 aromatic rings. The Morgan fingerprint density at radius 2 is 1.64 bits per heavy atom. The van der Waals surface area contributed by atoms with Crippen LogP contribution < -0.4 is 9.64 Å². The third-order valence-corrected chi connectivity index (χ3v) is 7.09. The Balaban J connectivity index is 1.31. The van der Waals surface area contributed by atoms with E-state index in [1.165, 1.54) is 0 Å². The Labute approximate surface area is 246 Å². The monoisotopic (exact) mass is 562 g/mol. The summed E-state index contributed by atoms with van der Waals surface area (Å²) in [5, 5.41) is 11.3. The molecule has 0 bridgehead atoms. The summed E-state index contributed by atoms with van der Waals surface area (Å²) in [4.78, 5) is 33.6. The number of hydrogen-bond acceptors (Lipinski definition) is 6. The maximum absolute atomic E-state index is 13.7. The van der Waals surface area contributed by atoms with E-state index in [1.807, 2.05) is 75.4 Å². The lowest BCUT2D eigenvalue weighted by molar-refractivity contribution is 0.0126. The number of anilines is 1. The van der Waals surface area contributed by atoms with Gasteiger partial charge in [0.2, 0.25) is 0 Å². The van der Waals surface area contributed by atoms with Crippen LogP contribution in [-0.2, 0) is 11.3 Å². The predicted molar refractivity (Wildman–Crippen MR) is 161 cm³/mol. The highest BCUT2D eigenvalue weighted by molar-refractivity contribution is 6.06. The van der Waals surface area contributed by atoms with Gasteiger partial charge in [-0.1, -0.05) is 18.2 Å². The second kappa shape index (κ2) is 12.3. The molecule has 8 heteroatoms. The Kier molecular flexibility index (Phi) is 8.39. The zero-order chi connectivity index (χ0) is 29.7. The van der Waals surface area contributed by atoms with Crippen molar-refractivity contribution in [3.05, 3.63) is 102 Å². The summed E-state index contributed by atoms with van der Waals surface area (Å²) in [5.41, 5.74) is 2.28. The van der Waals surface area contributed by atoms with Gasteiger partial charge >= 0.3 is 6.09 Å². The molecule has 42 heavy (non-hydrogen) atoms. The summed E-state index contributed by atoms with van der Waals surface area (Å²) >= 11 is 0. The number of ether oxygens (including phenoxy) is 2. The second-order valence-corrected chi connectivity index (χ2v) is 11.4. The molecule has 214 valence electrons. The number of likely N-dealkylation sites (tertiary alicyclic amines) is 1. The average Bonchev–Trinajstić information content (AvgIpc) is 2.99. The standard InChI is InChI=1S/C34H34N4O4/c1-34(2,3)42-33(40)37-18-14-31(15-19-37)41-30-10-8-29(9-11-30)38(32(39)27-12-16-36-17-13-27)23-25-5-7-26-6-4-24(22-35)20-28(26)21-25/h4-13,16-17,20-21,31H,14-15,18-19,23H2,1-3H3. The van der Waals surface area contributed by atoms with Gasteiger partial charge in [0.15, 0.2) is 0 Å². The normalized spacial score (nSPS) is 13.8. The fourth-order valence-corrected chi connectivity index (χ4v) is 4.96.